The normalized spacial score (nSPS) is 36.1. The minimum absolute atomic E-state index is 0.319. The molecule has 0 spiro atoms. The lowest BCUT2D eigenvalue weighted by atomic mass is 9.95. The largest absolute Gasteiger partial charge is 0.339 e. The minimum atomic E-state index is 0.319. The van der Waals surface area contributed by atoms with Crippen LogP contribution in [0.3, 0.4) is 0 Å². The summed E-state index contributed by atoms with van der Waals surface area (Å²) in [5, 5.41) is 3.40. The first-order chi connectivity index (χ1) is 6.74. The summed E-state index contributed by atoms with van der Waals surface area (Å²) in [4.78, 5) is 13.8. The molecule has 2 fully saturated rings. The number of hydrogen-bond acceptors (Lipinski definition) is 3. The summed E-state index contributed by atoms with van der Waals surface area (Å²) in [6.07, 6.45) is 1.99. The van der Waals surface area contributed by atoms with Crippen LogP contribution in [-0.2, 0) is 4.79 Å². The van der Waals surface area contributed by atoms with Crippen molar-refractivity contribution in [1.29, 1.82) is 0 Å². The second kappa shape index (κ2) is 4.11. The maximum absolute atomic E-state index is 11.8. The summed E-state index contributed by atoms with van der Waals surface area (Å²) >= 11 is 1.62. The fourth-order valence-electron chi connectivity index (χ4n) is 2.70. The van der Waals surface area contributed by atoms with Gasteiger partial charge in [-0.05, 0) is 25.0 Å². The third-order valence-corrected chi connectivity index (χ3v) is 4.06. The van der Waals surface area contributed by atoms with E-state index >= 15 is 0 Å². The first-order valence-corrected chi connectivity index (χ1v) is 6.62. The number of thioether (sulfide) groups is 1. The molecule has 0 aliphatic carbocycles. The molecule has 0 aromatic heterocycles. The number of fused-ring (bicyclic) bond motifs is 1. The lowest BCUT2D eigenvalue weighted by Gasteiger charge is -2.24. The summed E-state index contributed by atoms with van der Waals surface area (Å²) in [5.41, 5.74) is 0. The number of likely N-dealkylation sites (tertiary alicyclic amines) is 1. The molecule has 0 bridgehead atoms. The standard InChI is InChI=1S/C10H18N2OS/c1-7-9-4-11-3-8(9)5-12(7)10(13)6-14-2/h7-9,11H,3-6H2,1-2H3. The van der Waals surface area contributed by atoms with Crippen LogP contribution in [0.1, 0.15) is 6.92 Å². The monoisotopic (exact) mass is 214 g/mol. The van der Waals surface area contributed by atoms with Gasteiger partial charge in [0, 0.05) is 25.7 Å². The van der Waals surface area contributed by atoms with Gasteiger partial charge < -0.3 is 10.2 Å². The van der Waals surface area contributed by atoms with Gasteiger partial charge in [-0.25, -0.2) is 0 Å². The quantitative estimate of drug-likeness (QED) is 0.723. The summed E-state index contributed by atoms with van der Waals surface area (Å²) in [5.74, 6) is 2.35. The van der Waals surface area contributed by atoms with Crippen molar-refractivity contribution >= 4 is 17.7 Å². The van der Waals surface area contributed by atoms with E-state index in [1.165, 1.54) is 0 Å². The van der Waals surface area contributed by atoms with E-state index in [-0.39, 0.29) is 0 Å². The molecule has 2 saturated heterocycles. The predicted octanol–water partition coefficient (Wildman–Crippen LogP) is 0.416. The molecule has 0 aromatic carbocycles. The highest BCUT2D eigenvalue weighted by molar-refractivity contribution is 7.99. The Hall–Kier alpha value is -0.220. The zero-order valence-electron chi connectivity index (χ0n) is 8.82. The average Bonchev–Trinajstić information content (AvgIpc) is 2.69. The topological polar surface area (TPSA) is 32.3 Å². The van der Waals surface area contributed by atoms with E-state index in [1.807, 2.05) is 6.26 Å². The molecule has 0 aromatic rings. The summed E-state index contributed by atoms with van der Waals surface area (Å²) in [6.45, 7) is 5.35. The van der Waals surface area contributed by atoms with Gasteiger partial charge in [-0.2, -0.15) is 11.8 Å². The van der Waals surface area contributed by atoms with Crippen LogP contribution in [0.5, 0.6) is 0 Å². The number of carbonyl (C=O) groups excluding carboxylic acids is 1. The summed E-state index contributed by atoms with van der Waals surface area (Å²) in [6, 6.07) is 0.439. The molecule has 2 rings (SSSR count). The van der Waals surface area contributed by atoms with Crippen molar-refractivity contribution in [3.05, 3.63) is 0 Å². The zero-order valence-corrected chi connectivity index (χ0v) is 9.64. The first-order valence-electron chi connectivity index (χ1n) is 5.23. The Morgan fingerprint density at radius 2 is 2.36 bits per heavy atom. The highest BCUT2D eigenvalue weighted by Gasteiger charge is 2.43. The Kier molecular flexibility index (Phi) is 3.02. The van der Waals surface area contributed by atoms with Crippen molar-refractivity contribution < 1.29 is 4.79 Å². The van der Waals surface area contributed by atoms with E-state index in [1.54, 1.807) is 11.8 Å². The van der Waals surface area contributed by atoms with Gasteiger partial charge >= 0.3 is 0 Å². The van der Waals surface area contributed by atoms with E-state index in [0.29, 0.717) is 29.5 Å². The van der Waals surface area contributed by atoms with Crippen LogP contribution >= 0.6 is 11.8 Å². The number of amides is 1. The predicted molar refractivity (Wildman–Crippen MR) is 59.4 cm³/mol. The number of carbonyl (C=O) groups is 1. The second-order valence-corrected chi connectivity index (χ2v) is 5.17. The number of nitrogens with zero attached hydrogens (tertiary/aromatic N) is 1. The summed E-state index contributed by atoms with van der Waals surface area (Å²) in [7, 11) is 0. The number of hydrogen-bond donors (Lipinski definition) is 1. The Morgan fingerprint density at radius 1 is 1.57 bits per heavy atom. The second-order valence-electron chi connectivity index (χ2n) is 4.30. The maximum atomic E-state index is 11.8. The Morgan fingerprint density at radius 3 is 3.00 bits per heavy atom. The van der Waals surface area contributed by atoms with Crippen LogP contribution < -0.4 is 5.32 Å². The molecular formula is C10H18N2OS. The van der Waals surface area contributed by atoms with Crippen LogP contribution in [0.25, 0.3) is 0 Å². The molecule has 1 N–H and O–H groups in total. The van der Waals surface area contributed by atoms with Gasteiger partial charge in [0.2, 0.25) is 5.91 Å². The van der Waals surface area contributed by atoms with Crippen molar-refractivity contribution in [2.45, 2.75) is 13.0 Å². The van der Waals surface area contributed by atoms with Crippen molar-refractivity contribution in [3.8, 4) is 0 Å². The van der Waals surface area contributed by atoms with Crippen LogP contribution in [0.15, 0.2) is 0 Å². The zero-order chi connectivity index (χ0) is 10.1. The van der Waals surface area contributed by atoms with Crippen LogP contribution in [0, 0.1) is 11.8 Å². The fraction of sp³-hybridized carbons (Fsp3) is 0.900. The van der Waals surface area contributed by atoms with Crippen molar-refractivity contribution in [2.24, 2.45) is 11.8 Å². The maximum Gasteiger partial charge on any atom is 0.232 e. The summed E-state index contributed by atoms with van der Waals surface area (Å²) < 4.78 is 0. The van der Waals surface area contributed by atoms with Gasteiger partial charge in [0.05, 0.1) is 5.75 Å². The molecule has 2 aliphatic rings. The van der Waals surface area contributed by atoms with Gasteiger partial charge in [0.1, 0.15) is 0 Å². The average molecular weight is 214 g/mol. The SMILES string of the molecule is CSCC(=O)N1CC2CNCC2C1C. The molecule has 3 nitrogen and oxygen atoms in total. The van der Waals surface area contributed by atoms with E-state index in [0.717, 1.165) is 19.6 Å². The van der Waals surface area contributed by atoms with Gasteiger partial charge in [0.25, 0.3) is 0 Å². The molecule has 2 aliphatic heterocycles. The van der Waals surface area contributed by atoms with Crippen molar-refractivity contribution in [3.63, 3.8) is 0 Å². The Balaban J connectivity index is 1.99. The van der Waals surface area contributed by atoms with E-state index < -0.39 is 0 Å². The van der Waals surface area contributed by atoms with Crippen molar-refractivity contribution in [2.75, 3.05) is 31.6 Å². The molecular weight excluding hydrogens is 196 g/mol. The smallest absolute Gasteiger partial charge is 0.232 e. The number of rotatable bonds is 2. The molecule has 0 radical (unpaired) electrons. The fourth-order valence-corrected chi connectivity index (χ4v) is 3.12. The molecule has 3 unspecified atom stereocenters. The van der Waals surface area contributed by atoms with E-state index in [2.05, 4.69) is 17.1 Å². The van der Waals surface area contributed by atoms with Gasteiger partial charge in [-0.15, -0.1) is 0 Å². The van der Waals surface area contributed by atoms with Crippen LogP contribution in [-0.4, -0.2) is 48.5 Å². The van der Waals surface area contributed by atoms with Gasteiger partial charge in [-0.3, -0.25) is 4.79 Å². The van der Waals surface area contributed by atoms with Gasteiger partial charge in [-0.1, -0.05) is 0 Å². The first kappa shape index (κ1) is 10.3. The molecule has 2 heterocycles. The number of nitrogens with one attached hydrogen (secondary N) is 1. The highest BCUT2D eigenvalue weighted by atomic mass is 32.2. The molecule has 80 valence electrons. The van der Waals surface area contributed by atoms with Crippen LogP contribution in [0.4, 0.5) is 0 Å². The third-order valence-electron chi connectivity index (χ3n) is 3.52. The molecule has 14 heavy (non-hydrogen) atoms. The Labute approximate surface area is 89.6 Å². The minimum Gasteiger partial charge on any atom is -0.339 e. The van der Waals surface area contributed by atoms with Gasteiger partial charge in [0.15, 0.2) is 0 Å². The molecule has 4 heteroatoms. The van der Waals surface area contributed by atoms with E-state index in [4.69, 9.17) is 0 Å². The lowest BCUT2D eigenvalue weighted by molar-refractivity contribution is -0.129. The lowest BCUT2D eigenvalue weighted by Crippen LogP contribution is -2.39. The van der Waals surface area contributed by atoms with Crippen LogP contribution in [0.2, 0.25) is 0 Å². The molecule has 1 amide bonds. The van der Waals surface area contributed by atoms with E-state index in [9.17, 15) is 4.79 Å². The highest BCUT2D eigenvalue weighted by Crippen LogP contribution is 2.32. The van der Waals surface area contributed by atoms with Crippen molar-refractivity contribution in [1.82, 2.24) is 10.2 Å². The molecule has 0 saturated carbocycles. The third kappa shape index (κ3) is 1.65. The Bertz CT molecular complexity index is 234. The molecule has 3 atom stereocenters.